The van der Waals surface area contributed by atoms with Crippen molar-refractivity contribution in [3.05, 3.63) is 82.9 Å². The third-order valence-corrected chi connectivity index (χ3v) is 3.96. The van der Waals surface area contributed by atoms with Gasteiger partial charge in [0.05, 0.1) is 6.04 Å². The van der Waals surface area contributed by atoms with Gasteiger partial charge in [-0.05, 0) is 29.3 Å². The molecule has 0 radical (unpaired) electrons. The van der Waals surface area contributed by atoms with E-state index in [4.69, 9.17) is 11.6 Å². The van der Waals surface area contributed by atoms with Crippen LogP contribution in [0.3, 0.4) is 0 Å². The van der Waals surface area contributed by atoms with Gasteiger partial charge in [-0.3, -0.25) is 4.99 Å². The quantitative estimate of drug-likeness (QED) is 0.551. The van der Waals surface area contributed by atoms with Crippen LogP contribution in [0.15, 0.2) is 71.7 Å². The van der Waals surface area contributed by atoms with Gasteiger partial charge in [0.15, 0.2) is 0 Å². The molecule has 0 saturated carbocycles. The van der Waals surface area contributed by atoms with E-state index in [0.717, 1.165) is 10.6 Å². The molecule has 2 heteroatoms. The molecular weight excluding hydrogens is 278 g/mol. The second kappa shape index (κ2) is 6.11. The maximum Gasteiger partial charge on any atom is 0.0727 e. The van der Waals surface area contributed by atoms with E-state index in [1.807, 2.05) is 30.5 Å². The monoisotopic (exact) mass is 293 g/mol. The molecule has 0 amide bonds. The standard InChI is InChI=1S/C19H16ClN/c1-14(21-13-16-8-3-5-12-19(16)20)17-11-6-9-15-7-2-4-10-18(15)17/h2-14H,1H3/t14-/m1/s1. The molecule has 0 heterocycles. The molecule has 3 rings (SSSR count). The molecule has 0 saturated heterocycles. The number of benzene rings is 3. The van der Waals surface area contributed by atoms with Crippen LogP contribution in [-0.2, 0) is 0 Å². The first kappa shape index (κ1) is 13.8. The van der Waals surface area contributed by atoms with Crippen molar-refractivity contribution in [2.24, 2.45) is 4.99 Å². The molecule has 0 aromatic heterocycles. The highest BCUT2D eigenvalue weighted by molar-refractivity contribution is 6.33. The summed E-state index contributed by atoms with van der Waals surface area (Å²) >= 11 is 6.16. The van der Waals surface area contributed by atoms with E-state index in [1.165, 1.54) is 16.3 Å². The molecule has 21 heavy (non-hydrogen) atoms. The van der Waals surface area contributed by atoms with E-state index < -0.39 is 0 Å². The molecular formula is C19H16ClN. The molecule has 0 bridgehead atoms. The summed E-state index contributed by atoms with van der Waals surface area (Å²) < 4.78 is 0. The molecule has 0 N–H and O–H groups in total. The molecule has 1 atom stereocenters. The summed E-state index contributed by atoms with van der Waals surface area (Å²) in [5.41, 5.74) is 2.18. The molecule has 0 unspecified atom stereocenters. The maximum absolute atomic E-state index is 6.16. The predicted molar refractivity (Wildman–Crippen MR) is 91.4 cm³/mol. The van der Waals surface area contributed by atoms with Crippen molar-refractivity contribution in [3.8, 4) is 0 Å². The van der Waals surface area contributed by atoms with Crippen LogP contribution >= 0.6 is 11.6 Å². The van der Waals surface area contributed by atoms with Gasteiger partial charge in [0.1, 0.15) is 0 Å². The molecule has 1 nitrogen and oxygen atoms in total. The van der Waals surface area contributed by atoms with E-state index >= 15 is 0 Å². The zero-order chi connectivity index (χ0) is 14.7. The van der Waals surface area contributed by atoms with Gasteiger partial charge in [0, 0.05) is 16.8 Å². The fraction of sp³-hybridized carbons (Fsp3) is 0.105. The summed E-state index contributed by atoms with van der Waals surface area (Å²) in [5, 5.41) is 3.23. The normalized spacial score (nSPS) is 12.9. The number of halogens is 1. The average Bonchev–Trinajstić information content (AvgIpc) is 2.53. The number of hydrogen-bond donors (Lipinski definition) is 0. The van der Waals surface area contributed by atoms with Crippen molar-refractivity contribution < 1.29 is 0 Å². The Kier molecular flexibility index (Phi) is 4.03. The van der Waals surface area contributed by atoms with E-state index in [0.29, 0.717) is 0 Å². The van der Waals surface area contributed by atoms with Gasteiger partial charge in [0.2, 0.25) is 0 Å². The Labute approximate surface area is 129 Å². The minimum Gasteiger partial charge on any atom is -0.285 e. The molecule has 104 valence electrons. The predicted octanol–water partition coefficient (Wildman–Crippen LogP) is 5.67. The van der Waals surface area contributed by atoms with Crippen molar-refractivity contribution in [2.75, 3.05) is 0 Å². The molecule has 3 aromatic carbocycles. The maximum atomic E-state index is 6.16. The average molecular weight is 294 g/mol. The van der Waals surface area contributed by atoms with E-state index in [2.05, 4.69) is 54.4 Å². The van der Waals surface area contributed by atoms with Gasteiger partial charge < -0.3 is 0 Å². The van der Waals surface area contributed by atoms with Crippen LogP contribution in [-0.4, -0.2) is 6.21 Å². The summed E-state index contributed by atoms with van der Waals surface area (Å²) in [7, 11) is 0. The Bertz CT molecular complexity index is 787. The highest BCUT2D eigenvalue weighted by Gasteiger charge is 2.07. The lowest BCUT2D eigenvalue weighted by Gasteiger charge is -2.10. The lowest BCUT2D eigenvalue weighted by atomic mass is 10.00. The van der Waals surface area contributed by atoms with E-state index in [-0.39, 0.29) is 6.04 Å². The SMILES string of the molecule is C[C@@H](N=Cc1ccccc1Cl)c1cccc2ccccc12. The van der Waals surface area contributed by atoms with E-state index in [9.17, 15) is 0 Å². The van der Waals surface area contributed by atoms with Crippen LogP contribution in [0.4, 0.5) is 0 Å². The fourth-order valence-electron chi connectivity index (χ4n) is 2.47. The molecule has 0 aliphatic carbocycles. The second-order valence-electron chi connectivity index (χ2n) is 5.04. The van der Waals surface area contributed by atoms with Crippen LogP contribution in [0, 0.1) is 0 Å². The number of aliphatic imine (C=N–C) groups is 1. The Morgan fingerprint density at radius 1 is 0.905 bits per heavy atom. The number of hydrogen-bond acceptors (Lipinski definition) is 1. The highest BCUT2D eigenvalue weighted by atomic mass is 35.5. The fourth-order valence-corrected chi connectivity index (χ4v) is 2.65. The van der Waals surface area contributed by atoms with Gasteiger partial charge in [0.25, 0.3) is 0 Å². The first-order valence-corrected chi connectivity index (χ1v) is 7.39. The van der Waals surface area contributed by atoms with E-state index in [1.54, 1.807) is 0 Å². The largest absolute Gasteiger partial charge is 0.285 e. The highest BCUT2D eigenvalue weighted by Crippen LogP contribution is 2.26. The third kappa shape index (κ3) is 2.98. The topological polar surface area (TPSA) is 12.4 Å². The van der Waals surface area contributed by atoms with Crippen LogP contribution in [0.1, 0.15) is 24.1 Å². The van der Waals surface area contributed by atoms with Crippen molar-refractivity contribution in [3.63, 3.8) is 0 Å². The Balaban J connectivity index is 1.94. The van der Waals surface area contributed by atoms with Gasteiger partial charge in [-0.2, -0.15) is 0 Å². The molecule has 0 fully saturated rings. The van der Waals surface area contributed by atoms with Crippen molar-refractivity contribution in [1.82, 2.24) is 0 Å². The Morgan fingerprint density at radius 2 is 1.62 bits per heavy atom. The first-order chi connectivity index (χ1) is 10.3. The summed E-state index contributed by atoms with van der Waals surface area (Å²) in [6, 6.07) is 22.6. The lowest BCUT2D eigenvalue weighted by molar-refractivity contribution is 0.834. The summed E-state index contributed by atoms with van der Waals surface area (Å²) in [4.78, 5) is 4.67. The molecule has 0 spiro atoms. The first-order valence-electron chi connectivity index (χ1n) is 7.01. The third-order valence-electron chi connectivity index (χ3n) is 3.62. The number of fused-ring (bicyclic) bond motifs is 1. The lowest BCUT2D eigenvalue weighted by Crippen LogP contribution is -1.93. The zero-order valence-corrected chi connectivity index (χ0v) is 12.6. The van der Waals surface area contributed by atoms with Crippen LogP contribution in [0.2, 0.25) is 5.02 Å². The van der Waals surface area contributed by atoms with Gasteiger partial charge >= 0.3 is 0 Å². The summed E-state index contributed by atoms with van der Waals surface area (Å²) in [5.74, 6) is 0. The number of nitrogens with zero attached hydrogens (tertiary/aromatic N) is 1. The van der Waals surface area contributed by atoms with Crippen LogP contribution < -0.4 is 0 Å². The van der Waals surface area contributed by atoms with Crippen LogP contribution in [0.25, 0.3) is 10.8 Å². The van der Waals surface area contributed by atoms with Gasteiger partial charge in [-0.25, -0.2) is 0 Å². The molecule has 0 aliphatic rings. The minimum absolute atomic E-state index is 0.0902. The van der Waals surface area contributed by atoms with Crippen molar-refractivity contribution in [1.29, 1.82) is 0 Å². The number of rotatable bonds is 3. The molecule has 0 aliphatic heterocycles. The summed E-state index contributed by atoms with van der Waals surface area (Å²) in [6.07, 6.45) is 1.86. The zero-order valence-electron chi connectivity index (χ0n) is 11.8. The second-order valence-corrected chi connectivity index (χ2v) is 5.45. The van der Waals surface area contributed by atoms with Crippen molar-refractivity contribution in [2.45, 2.75) is 13.0 Å². The smallest absolute Gasteiger partial charge is 0.0727 e. The minimum atomic E-state index is 0.0902. The Hall–Kier alpha value is -2.12. The molecule has 3 aromatic rings. The van der Waals surface area contributed by atoms with Crippen molar-refractivity contribution >= 4 is 28.6 Å². The van der Waals surface area contributed by atoms with Gasteiger partial charge in [-0.1, -0.05) is 72.3 Å². The Morgan fingerprint density at radius 3 is 2.48 bits per heavy atom. The summed E-state index contributed by atoms with van der Waals surface area (Å²) in [6.45, 7) is 2.11. The van der Waals surface area contributed by atoms with Gasteiger partial charge in [-0.15, -0.1) is 0 Å². The van der Waals surface area contributed by atoms with Crippen LogP contribution in [0.5, 0.6) is 0 Å².